The van der Waals surface area contributed by atoms with Crippen molar-refractivity contribution in [2.75, 3.05) is 6.26 Å². The van der Waals surface area contributed by atoms with Crippen molar-refractivity contribution < 1.29 is 0 Å². The highest BCUT2D eigenvalue weighted by molar-refractivity contribution is 8.22. The Labute approximate surface area is 140 Å². The zero-order valence-electron chi connectivity index (χ0n) is 13.7. The number of nitrogens with one attached hydrogen (secondary N) is 1. The number of thioether (sulfide) groups is 1. The Hall–Kier alpha value is -0.540. The molecular weight excluding hydrogens is 294 g/mol. The molecule has 0 saturated heterocycles. The molecule has 21 heavy (non-hydrogen) atoms. The molecule has 1 nitrogen and oxygen atoms in total. The first-order valence-electron chi connectivity index (χ1n) is 8.10. The summed E-state index contributed by atoms with van der Waals surface area (Å²) in [5.41, 5.74) is 2.76. The molecule has 118 valence electrons. The van der Waals surface area contributed by atoms with Crippen molar-refractivity contribution in [3.63, 3.8) is 0 Å². The van der Waals surface area contributed by atoms with Gasteiger partial charge in [-0.1, -0.05) is 75.5 Å². The van der Waals surface area contributed by atoms with Gasteiger partial charge in [-0.3, -0.25) is 0 Å². The smallest absolute Gasteiger partial charge is 0.133 e. The van der Waals surface area contributed by atoms with E-state index in [2.05, 4.69) is 43.4 Å². The highest BCUT2D eigenvalue weighted by Crippen LogP contribution is 2.16. The molecule has 0 aliphatic rings. The van der Waals surface area contributed by atoms with Crippen LogP contribution in [0.2, 0.25) is 0 Å². The summed E-state index contributed by atoms with van der Waals surface area (Å²) in [6, 6.07) is 9.27. The van der Waals surface area contributed by atoms with E-state index in [0.29, 0.717) is 0 Å². The van der Waals surface area contributed by atoms with Crippen molar-refractivity contribution in [1.29, 1.82) is 0 Å². The van der Waals surface area contributed by atoms with Crippen LogP contribution in [0, 0.1) is 0 Å². The molecule has 0 bridgehead atoms. The molecule has 1 rings (SSSR count). The van der Waals surface area contributed by atoms with Gasteiger partial charge in [-0.2, -0.15) is 0 Å². The van der Waals surface area contributed by atoms with Gasteiger partial charge >= 0.3 is 0 Å². The minimum atomic E-state index is 0.285. The van der Waals surface area contributed by atoms with Crippen molar-refractivity contribution in [3.05, 3.63) is 35.4 Å². The molecule has 1 atom stereocenters. The van der Waals surface area contributed by atoms with Gasteiger partial charge in [-0.15, -0.1) is 11.8 Å². The van der Waals surface area contributed by atoms with Crippen molar-refractivity contribution in [2.24, 2.45) is 0 Å². The molecule has 0 aliphatic carbocycles. The standard InChI is InChI=1S/C18H29NS2/c1-4-5-6-7-8-9-10-16-11-13-17(14-12-16)15(2)19-18(20)21-3/h11-15H,4-10H2,1-3H3,(H,19,20). The van der Waals surface area contributed by atoms with E-state index in [-0.39, 0.29) is 6.04 Å². The Morgan fingerprint density at radius 2 is 1.71 bits per heavy atom. The third kappa shape index (κ3) is 7.87. The molecule has 1 aromatic rings. The van der Waals surface area contributed by atoms with Crippen molar-refractivity contribution in [1.82, 2.24) is 5.32 Å². The zero-order valence-corrected chi connectivity index (χ0v) is 15.3. The monoisotopic (exact) mass is 323 g/mol. The normalized spacial score (nSPS) is 12.1. The van der Waals surface area contributed by atoms with Gasteiger partial charge in [0, 0.05) is 6.04 Å². The number of rotatable bonds is 9. The van der Waals surface area contributed by atoms with Crippen LogP contribution in [-0.2, 0) is 6.42 Å². The second-order valence-corrected chi connectivity index (χ2v) is 7.10. The van der Waals surface area contributed by atoms with Gasteiger partial charge in [-0.05, 0) is 37.1 Å². The van der Waals surface area contributed by atoms with Crippen LogP contribution < -0.4 is 5.32 Å². The van der Waals surface area contributed by atoms with E-state index in [1.165, 1.54) is 56.1 Å². The topological polar surface area (TPSA) is 12.0 Å². The van der Waals surface area contributed by atoms with Crippen LogP contribution in [0.5, 0.6) is 0 Å². The molecule has 0 heterocycles. The Morgan fingerprint density at radius 3 is 2.33 bits per heavy atom. The number of benzene rings is 1. The molecular formula is C18H29NS2. The van der Waals surface area contributed by atoms with E-state index in [4.69, 9.17) is 12.2 Å². The maximum Gasteiger partial charge on any atom is 0.133 e. The second kappa shape index (κ2) is 11.1. The zero-order chi connectivity index (χ0) is 15.5. The number of thiocarbonyl (C=S) groups is 1. The van der Waals surface area contributed by atoms with Crippen LogP contribution in [0.4, 0.5) is 0 Å². The third-order valence-corrected chi connectivity index (χ3v) is 4.92. The third-order valence-electron chi connectivity index (χ3n) is 3.82. The molecule has 0 amide bonds. The van der Waals surface area contributed by atoms with E-state index in [0.717, 1.165) is 4.32 Å². The Bertz CT molecular complexity index is 400. The van der Waals surface area contributed by atoms with Gasteiger partial charge in [0.25, 0.3) is 0 Å². The first-order chi connectivity index (χ1) is 10.2. The van der Waals surface area contributed by atoms with Gasteiger partial charge in [0.2, 0.25) is 0 Å². The van der Waals surface area contributed by atoms with Crippen LogP contribution in [0.1, 0.15) is 69.5 Å². The van der Waals surface area contributed by atoms with Gasteiger partial charge in [0.1, 0.15) is 4.32 Å². The van der Waals surface area contributed by atoms with Crippen LogP contribution in [-0.4, -0.2) is 10.6 Å². The van der Waals surface area contributed by atoms with Gasteiger partial charge in [0.15, 0.2) is 0 Å². The lowest BCUT2D eigenvalue weighted by Crippen LogP contribution is -2.22. The SMILES string of the molecule is CCCCCCCCc1ccc(C(C)NC(=S)SC)cc1. The minimum Gasteiger partial charge on any atom is -0.364 e. The Kier molecular flexibility index (Phi) is 9.77. The largest absolute Gasteiger partial charge is 0.364 e. The molecule has 0 spiro atoms. The predicted molar refractivity (Wildman–Crippen MR) is 101 cm³/mol. The van der Waals surface area contributed by atoms with E-state index in [1.807, 2.05) is 6.26 Å². The second-order valence-electron chi connectivity index (χ2n) is 5.62. The average molecular weight is 324 g/mol. The maximum atomic E-state index is 5.21. The average Bonchev–Trinajstić information content (AvgIpc) is 2.51. The van der Waals surface area contributed by atoms with Crippen molar-refractivity contribution in [2.45, 2.75) is 64.8 Å². The quantitative estimate of drug-likeness (QED) is 0.449. The summed E-state index contributed by atoms with van der Waals surface area (Å²) in [6.45, 7) is 4.43. The van der Waals surface area contributed by atoms with Crippen LogP contribution >= 0.6 is 24.0 Å². The summed E-state index contributed by atoms with van der Waals surface area (Å²) < 4.78 is 0.860. The van der Waals surface area contributed by atoms with Crippen molar-refractivity contribution >= 4 is 28.3 Å². The van der Waals surface area contributed by atoms with Gasteiger partial charge in [0.05, 0.1) is 0 Å². The molecule has 0 saturated carbocycles. The highest BCUT2D eigenvalue weighted by atomic mass is 32.2. The number of aryl methyl sites for hydroxylation is 1. The fraction of sp³-hybridized carbons (Fsp3) is 0.611. The molecule has 1 unspecified atom stereocenters. The Morgan fingerprint density at radius 1 is 1.10 bits per heavy atom. The van der Waals surface area contributed by atoms with Crippen molar-refractivity contribution in [3.8, 4) is 0 Å². The lowest BCUT2D eigenvalue weighted by atomic mass is 10.0. The summed E-state index contributed by atoms with van der Waals surface area (Å²) in [6.07, 6.45) is 11.4. The fourth-order valence-electron chi connectivity index (χ4n) is 2.40. The molecule has 0 radical (unpaired) electrons. The lowest BCUT2D eigenvalue weighted by Gasteiger charge is -2.15. The van der Waals surface area contributed by atoms with Gasteiger partial charge < -0.3 is 5.32 Å². The van der Waals surface area contributed by atoms with E-state index < -0.39 is 0 Å². The molecule has 0 aromatic heterocycles. The molecule has 0 aliphatic heterocycles. The summed E-state index contributed by atoms with van der Waals surface area (Å²) >= 11 is 6.80. The lowest BCUT2D eigenvalue weighted by molar-refractivity contribution is 0.607. The summed E-state index contributed by atoms with van der Waals surface area (Å²) in [5, 5.41) is 3.33. The summed E-state index contributed by atoms with van der Waals surface area (Å²) in [5.74, 6) is 0. The number of hydrogen-bond acceptors (Lipinski definition) is 2. The molecule has 0 fully saturated rings. The van der Waals surface area contributed by atoms with Crippen LogP contribution in [0.25, 0.3) is 0 Å². The van der Waals surface area contributed by atoms with Crippen LogP contribution in [0.15, 0.2) is 24.3 Å². The van der Waals surface area contributed by atoms with E-state index in [9.17, 15) is 0 Å². The Balaban J connectivity index is 2.31. The van der Waals surface area contributed by atoms with E-state index >= 15 is 0 Å². The molecule has 1 N–H and O–H groups in total. The summed E-state index contributed by atoms with van der Waals surface area (Å²) in [4.78, 5) is 0. The maximum absolute atomic E-state index is 5.21. The number of unbranched alkanes of at least 4 members (excludes halogenated alkanes) is 5. The first-order valence-corrected chi connectivity index (χ1v) is 9.74. The first kappa shape index (κ1) is 18.5. The van der Waals surface area contributed by atoms with Crippen LogP contribution in [0.3, 0.4) is 0 Å². The minimum absolute atomic E-state index is 0.285. The van der Waals surface area contributed by atoms with E-state index in [1.54, 1.807) is 11.8 Å². The molecule has 3 heteroatoms. The van der Waals surface area contributed by atoms with Gasteiger partial charge in [-0.25, -0.2) is 0 Å². The predicted octanol–water partition coefficient (Wildman–Crippen LogP) is 5.89. The molecule has 1 aromatic carbocycles. The summed E-state index contributed by atoms with van der Waals surface area (Å²) in [7, 11) is 0. The highest BCUT2D eigenvalue weighted by Gasteiger charge is 2.06. The fourth-order valence-corrected chi connectivity index (χ4v) is 2.87. The number of hydrogen-bond donors (Lipinski definition) is 1.